The van der Waals surface area contributed by atoms with Crippen LogP contribution in [0.15, 0.2) is 18.2 Å². The van der Waals surface area contributed by atoms with Crippen LogP contribution >= 0.6 is 0 Å². The van der Waals surface area contributed by atoms with Crippen molar-refractivity contribution in [1.82, 2.24) is 5.32 Å². The van der Waals surface area contributed by atoms with Crippen molar-refractivity contribution in [3.63, 3.8) is 0 Å². The molecule has 0 saturated carbocycles. The zero-order valence-electron chi connectivity index (χ0n) is 12.2. The van der Waals surface area contributed by atoms with Crippen molar-refractivity contribution >= 4 is 5.78 Å². The van der Waals surface area contributed by atoms with E-state index in [1.165, 1.54) is 18.4 Å². The van der Waals surface area contributed by atoms with Gasteiger partial charge >= 0.3 is 0 Å². The normalized spacial score (nSPS) is 22.9. The van der Waals surface area contributed by atoms with Gasteiger partial charge in [-0.1, -0.05) is 6.92 Å². The lowest BCUT2D eigenvalue weighted by atomic mass is 9.83. The zero-order chi connectivity index (χ0) is 13.9. The van der Waals surface area contributed by atoms with Crippen molar-refractivity contribution < 1.29 is 9.53 Å². The van der Waals surface area contributed by atoms with Crippen LogP contribution < -0.4 is 10.1 Å². The molecular formula is C17H23NO2. The number of hydrogen-bond acceptors (Lipinski definition) is 3. The number of Topliss-reactive ketones (excluding diaryl/α,β-unsaturated/α-hetero) is 1. The third-order valence-corrected chi connectivity index (χ3v) is 4.66. The second-order valence-electron chi connectivity index (χ2n) is 6.13. The van der Waals surface area contributed by atoms with Gasteiger partial charge in [-0.05, 0) is 61.5 Å². The van der Waals surface area contributed by atoms with Crippen LogP contribution in [-0.2, 0) is 6.42 Å². The predicted molar refractivity (Wildman–Crippen MR) is 79.3 cm³/mol. The quantitative estimate of drug-likeness (QED) is 0.857. The number of ether oxygens (including phenoxy) is 1. The molecule has 0 bridgehead atoms. The van der Waals surface area contributed by atoms with E-state index in [0.29, 0.717) is 18.3 Å². The molecule has 1 N–H and O–H groups in total. The van der Waals surface area contributed by atoms with Gasteiger partial charge in [-0.15, -0.1) is 0 Å². The van der Waals surface area contributed by atoms with Gasteiger partial charge in [-0.2, -0.15) is 0 Å². The third-order valence-electron chi connectivity index (χ3n) is 4.66. The topological polar surface area (TPSA) is 38.3 Å². The van der Waals surface area contributed by atoms with Crippen molar-refractivity contribution in [1.29, 1.82) is 0 Å². The lowest BCUT2D eigenvalue weighted by molar-refractivity contribution is 0.0943. The first-order chi connectivity index (χ1) is 9.74. The zero-order valence-corrected chi connectivity index (χ0v) is 12.2. The van der Waals surface area contributed by atoms with Crippen LogP contribution in [0.2, 0.25) is 0 Å². The Balaban J connectivity index is 1.63. The molecule has 2 atom stereocenters. The Labute approximate surface area is 120 Å². The molecule has 2 unspecified atom stereocenters. The van der Waals surface area contributed by atoms with Crippen molar-refractivity contribution in [2.24, 2.45) is 11.8 Å². The molecular weight excluding hydrogens is 250 g/mol. The van der Waals surface area contributed by atoms with Gasteiger partial charge in [0.25, 0.3) is 0 Å². The minimum atomic E-state index is 0.276. The molecule has 0 spiro atoms. The second kappa shape index (κ2) is 5.96. The Hall–Kier alpha value is -1.35. The monoisotopic (exact) mass is 273 g/mol. The van der Waals surface area contributed by atoms with Gasteiger partial charge in [0.1, 0.15) is 5.75 Å². The SMILES string of the molecule is CC(CC(=O)c1ccc2c(c1)CCO2)C1CCCNC1. The van der Waals surface area contributed by atoms with E-state index in [9.17, 15) is 4.79 Å². The molecule has 2 aliphatic rings. The number of carbonyl (C=O) groups excluding carboxylic acids is 1. The van der Waals surface area contributed by atoms with E-state index >= 15 is 0 Å². The average Bonchev–Trinajstić information content (AvgIpc) is 2.95. The lowest BCUT2D eigenvalue weighted by Gasteiger charge is -2.28. The molecule has 3 heteroatoms. The van der Waals surface area contributed by atoms with E-state index in [4.69, 9.17) is 4.74 Å². The smallest absolute Gasteiger partial charge is 0.163 e. The summed E-state index contributed by atoms with van der Waals surface area (Å²) in [7, 11) is 0. The molecule has 1 aromatic rings. The van der Waals surface area contributed by atoms with Crippen molar-refractivity contribution in [3.8, 4) is 5.75 Å². The van der Waals surface area contributed by atoms with E-state index in [1.807, 2.05) is 18.2 Å². The Morgan fingerprint density at radius 1 is 1.50 bits per heavy atom. The van der Waals surface area contributed by atoms with Crippen molar-refractivity contribution in [2.75, 3.05) is 19.7 Å². The molecule has 1 saturated heterocycles. The molecule has 3 nitrogen and oxygen atoms in total. The molecule has 2 aliphatic heterocycles. The van der Waals surface area contributed by atoms with Gasteiger partial charge < -0.3 is 10.1 Å². The summed E-state index contributed by atoms with van der Waals surface area (Å²) in [5.41, 5.74) is 2.03. The summed E-state index contributed by atoms with van der Waals surface area (Å²) in [6.07, 6.45) is 4.07. The van der Waals surface area contributed by atoms with Crippen LogP contribution in [0, 0.1) is 11.8 Å². The molecule has 1 fully saturated rings. The highest BCUT2D eigenvalue weighted by molar-refractivity contribution is 5.96. The van der Waals surface area contributed by atoms with Crippen LogP contribution in [0.4, 0.5) is 0 Å². The lowest BCUT2D eigenvalue weighted by Crippen LogP contribution is -2.34. The standard InChI is InChI=1S/C17H23NO2/c1-12(15-3-2-7-18-11-15)9-16(19)13-4-5-17-14(10-13)6-8-20-17/h4-5,10,12,15,18H,2-3,6-9,11H2,1H3. The molecule has 0 aromatic heterocycles. The van der Waals surface area contributed by atoms with Gasteiger partial charge in [-0.25, -0.2) is 0 Å². The number of piperidine rings is 1. The molecule has 0 aliphatic carbocycles. The summed E-state index contributed by atoms with van der Waals surface area (Å²) in [6, 6.07) is 5.89. The number of rotatable bonds is 4. The second-order valence-corrected chi connectivity index (χ2v) is 6.13. The van der Waals surface area contributed by atoms with Gasteiger partial charge in [0.15, 0.2) is 5.78 Å². The molecule has 0 radical (unpaired) electrons. The van der Waals surface area contributed by atoms with Crippen LogP contribution in [0.5, 0.6) is 5.75 Å². The van der Waals surface area contributed by atoms with Gasteiger partial charge in [0.05, 0.1) is 6.61 Å². The van der Waals surface area contributed by atoms with E-state index < -0.39 is 0 Å². The molecule has 2 heterocycles. The fraction of sp³-hybridized carbons (Fsp3) is 0.588. The third kappa shape index (κ3) is 2.88. The molecule has 108 valence electrons. The Morgan fingerprint density at radius 3 is 3.20 bits per heavy atom. The number of hydrogen-bond donors (Lipinski definition) is 1. The van der Waals surface area contributed by atoms with Crippen LogP contribution in [0.3, 0.4) is 0 Å². The summed E-state index contributed by atoms with van der Waals surface area (Å²) in [6.45, 7) is 5.15. The van der Waals surface area contributed by atoms with Gasteiger partial charge in [-0.3, -0.25) is 4.79 Å². The maximum atomic E-state index is 12.4. The Bertz CT molecular complexity index is 492. The average molecular weight is 273 g/mol. The molecule has 1 aromatic carbocycles. The van der Waals surface area contributed by atoms with Crippen LogP contribution in [0.25, 0.3) is 0 Å². The minimum Gasteiger partial charge on any atom is -0.493 e. The van der Waals surface area contributed by atoms with Crippen LogP contribution in [-0.4, -0.2) is 25.5 Å². The van der Waals surface area contributed by atoms with E-state index in [-0.39, 0.29) is 5.78 Å². The summed E-state index contributed by atoms with van der Waals surface area (Å²) in [5, 5.41) is 3.43. The van der Waals surface area contributed by atoms with Gasteiger partial charge in [0.2, 0.25) is 0 Å². The van der Waals surface area contributed by atoms with E-state index in [0.717, 1.165) is 37.4 Å². The van der Waals surface area contributed by atoms with E-state index in [1.54, 1.807) is 0 Å². The maximum absolute atomic E-state index is 12.4. The Morgan fingerprint density at radius 2 is 2.40 bits per heavy atom. The first-order valence-electron chi connectivity index (χ1n) is 7.73. The number of carbonyl (C=O) groups is 1. The maximum Gasteiger partial charge on any atom is 0.163 e. The number of fused-ring (bicyclic) bond motifs is 1. The fourth-order valence-corrected chi connectivity index (χ4v) is 3.30. The molecule has 0 amide bonds. The largest absolute Gasteiger partial charge is 0.493 e. The Kier molecular flexibility index (Phi) is 4.06. The summed E-state index contributed by atoms with van der Waals surface area (Å²) in [5.74, 6) is 2.33. The number of nitrogens with one attached hydrogen (secondary N) is 1. The first-order valence-corrected chi connectivity index (χ1v) is 7.73. The fourth-order valence-electron chi connectivity index (χ4n) is 3.30. The highest BCUT2D eigenvalue weighted by Crippen LogP contribution is 2.28. The highest BCUT2D eigenvalue weighted by Gasteiger charge is 2.23. The van der Waals surface area contributed by atoms with E-state index in [2.05, 4.69) is 12.2 Å². The summed E-state index contributed by atoms with van der Waals surface area (Å²) < 4.78 is 5.49. The summed E-state index contributed by atoms with van der Waals surface area (Å²) in [4.78, 5) is 12.4. The van der Waals surface area contributed by atoms with Gasteiger partial charge in [0, 0.05) is 18.4 Å². The molecule has 3 rings (SSSR count). The number of benzene rings is 1. The van der Waals surface area contributed by atoms with Crippen molar-refractivity contribution in [2.45, 2.75) is 32.6 Å². The minimum absolute atomic E-state index is 0.276. The first kappa shape index (κ1) is 13.6. The molecule has 20 heavy (non-hydrogen) atoms. The van der Waals surface area contributed by atoms with Crippen LogP contribution in [0.1, 0.15) is 42.1 Å². The summed E-state index contributed by atoms with van der Waals surface area (Å²) >= 11 is 0. The predicted octanol–water partition coefficient (Wildman–Crippen LogP) is 2.83. The number of ketones is 1. The van der Waals surface area contributed by atoms with Crippen molar-refractivity contribution in [3.05, 3.63) is 29.3 Å². The highest BCUT2D eigenvalue weighted by atomic mass is 16.5.